The zero-order valence-corrected chi connectivity index (χ0v) is 11.7. The van der Waals surface area contributed by atoms with Gasteiger partial charge in [0.1, 0.15) is 5.69 Å². The number of halogens is 1. The minimum Gasteiger partial charge on any atom is -1.00 e. The number of amides is 1. The van der Waals surface area contributed by atoms with Crippen LogP contribution in [0.4, 0.5) is 0 Å². The third kappa shape index (κ3) is 3.93. The number of carbonyl (C=O) groups excluding carboxylic acids is 3. The highest BCUT2D eigenvalue weighted by molar-refractivity contribution is 6.48. The number of carbonyl (C=O) groups is 3. The van der Waals surface area contributed by atoms with Crippen molar-refractivity contribution in [3.63, 3.8) is 0 Å². The van der Waals surface area contributed by atoms with Crippen LogP contribution in [0.5, 0.6) is 0 Å². The minimum absolute atomic E-state index is 0. The van der Waals surface area contributed by atoms with Crippen LogP contribution in [0.15, 0.2) is 48.8 Å². The number of pyridine rings is 2. The van der Waals surface area contributed by atoms with Crippen molar-refractivity contribution in [1.82, 2.24) is 4.98 Å². The van der Waals surface area contributed by atoms with Crippen LogP contribution in [-0.4, -0.2) is 22.5 Å². The Kier molecular flexibility index (Phi) is 5.68. The Morgan fingerprint density at radius 1 is 1.05 bits per heavy atom. The maximum Gasteiger partial charge on any atom is 0.298 e. The summed E-state index contributed by atoms with van der Waals surface area (Å²) in [5, 5.41) is 0. The molecule has 2 rings (SSSR count). The van der Waals surface area contributed by atoms with Crippen molar-refractivity contribution in [1.29, 1.82) is 0 Å². The second-order valence-corrected chi connectivity index (χ2v) is 4.05. The molecule has 0 radical (unpaired) electrons. The number of hydrogen-bond donors (Lipinski definition) is 1. The summed E-state index contributed by atoms with van der Waals surface area (Å²) < 4.78 is 1.34. The highest BCUT2D eigenvalue weighted by Gasteiger charge is 2.27. The van der Waals surface area contributed by atoms with Gasteiger partial charge < -0.3 is 18.1 Å². The van der Waals surface area contributed by atoms with E-state index in [4.69, 9.17) is 5.73 Å². The smallest absolute Gasteiger partial charge is 0.298 e. The molecule has 2 aromatic heterocycles. The first-order valence-electron chi connectivity index (χ1n) is 5.86. The van der Waals surface area contributed by atoms with Gasteiger partial charge in [-0.1, -0.05) is 6.07 Å². The normalized spacial score (nSPS) is 9.52. The Morgan fingerprint density at radius 3 is 2.38 bits per heavy atom. The summed E-state index contributed by atoms with van der Waals surface area (Å²) in [6, 6.07) is 9.45. The van der Waals surface area contributed by atoms with Gasteiger partial charge in [-0.05, 0) is 18.2 Å². The van der Waals surface area contributed by atoms with E-state index in [1.54, 1.807) is 24.3 Å². The lowest BCUT2D eigenvalue weighted by Crippen LogP contribution is -3.00. The number of rotatable bonds is 5. The first-order valence-corrected chi connectivity index (χ1v) is 5.86. The molecule has 0 spiro atoms. The van der Waals surface area contributed by atoms with Crippen LogP contribution in [0.25, 0.3) is 0 Å². The molecule has 2 N–H and O–H groups in total. The average Bonchev–Trinajstić information content (AvgIpc) is 2.46. The zero-order chi connectivity index (χ0) is 14.5. The van der Waals surface area contributed by atoms with Crippen LogP contribution < -0.4 is 22.7 Å². The fraction of sp³-hybridized carbons (Fsp3) is 0.0714. The molecule has 0 atom stereocenters. The van der Waals surface area contributed by atoms with Gasteiger partial charge in [-0.3, -0.25) is 19.4 Å². The van der Waals surface area contributed by atoms with E-state index in [-0.39, 0.29) is 30.3 Å². The molecule has 0 aliphatic carbocycles. The number of ketones is 2. The van der Waals surface area contributed by atoms with Gasteiger partial charge >= 0.3 is 0 Å². The third-order valence-electron chi connectivity index (χ3n) is 2.60. The van der Waals surface area contributed by atoms with Gasteiger partial charge in [0.2, 0.25) is 6.54 Å². The van der Waals surface area contributed by atoms with E-state index in [0.717, 1.165) is 0 Å². The molecule has 0 fully saturated rings. The van der Waals surface area contributed by atoms with Gasteiger partial charge in [0.05, 0.1) is 0 Å². The van der Waals surface area contributed by atoms with Gasteiger partial charge in [-0.2, -0.15) is 4.57 Å². The molecular formula is C14H12ClN3O3. The molecule has 21 heavy (non-hydrogen) atoms. The number of primary amides is 1. The van der Waals surface area contributed by atoms with E-state index in [9.17, 15) is 14.4 Å². The number of aromatic nitrogens is 2. The molecule has 6 nitrogen and oxygen atoms in total. The Bertz CT molecular complexity index is 674. The Hall–Kier alpha value is -2.60. The molecule has 0 aliphatic heterocycles. The highest BCUT2D eigenvalue weighted by atomic mass is 35.5. The summed E-state index contributed by atoms with van der Waals surface area (Å²) in [5.41, 5.74) is 5.27. The second-order valence-electron chi connectivity index (χ2n) is 4.05. The molecule has 1 amide bonds. The molecule has 0 unspecified atom stereocenters. The van der Waals surface area contributed by atoms with Crippen molar-refractivity contribution in [3.05, 3.63) is 60.2 Å². The average molecular weight is 306 g/mol. The number of nitrogens with two attached hydrogens (primary N) is 1. The van der Waals surface area contributed by atoms with E-state index in [1.165, 1.54) is 29.1 Å². The summed E-state index contributed by atoms with van der Waals surface area (Å²) in [6.45, 7) is -0.169. The summed E-state index contributed by atoms with van der Waals surface area (Å²) in [4.78, 5) is 39.0. The summed E-state index contributed by atoms with van der Waals surface area (Å²) in [5.74, 6) is -2.05. The fourth-order valence-electron chi connectivity index (χ4n) is 1.72. The molecule has 0 aliphatic rings. The standard InChI is InChI=1S/C14H11N3O3.ClH/c15-12(18)9-17-8-4-2-6-11(17)14(20)13(19)10-5-1-3-7-16-10;/h1-8H,9H2,(H-,15,18);1H. The van der Waals surface area contributed by atoms with Crippen molar-refractivity contribution in [2.75, 3.05) is 0 Å². The van der Waals surface area contributed by atoms with E-state index < -0.39 is 17.5 Å². The summed E-state index contributed by atoms with van der Waals surface area (Å²) >= 11 is 0. The first-order chi connectivity index (χ1) is 9.59. The van der Waals surface area contributed by atoms with Crippen molar-refractivity contribution >= 4 is 17.5 Å². The quantitative estimate of drug-likeness (QED) is 0.360. The van der Waals surface area contributed by atoms with Crippen LogP contribution in [0.1, 0.15) is 21.0 Å². The molecule has 108 valence electrons. The number of nitrogens with zero attached hydrogens (tertiary/aromatic N) is 2. The molecule has 2 heterocycles. The number of hydrogen-bond acceptors (Lipinski definition) is 4. The fourth-order valence-corrected chi connectivity index (χ4v) is 1.72. The molecule has 2 aromatic rings. The van der Waals surface area contributed by atoms with Crippen molar-refractivity contribution in [2.45, 2.75) is 6.54 Å². The molecular weight excluding hydrogens is 294 g/mol. The molecule has 0 bridgehead atoms. The lowest BCUT2D eigenvalue weighted by Gasteiger charge is -2.01. The maximum atomic E-state index is 12.2. The van der Waals surface area contributed by atoms with E-state index >= 15 is 0 Å². The van der Waals surface area contributed by atoms with Gasteiger partial charge in [-0.15, -0.1) is 0 Å². The lowest BCUT2D eigenvalue weighted by molar-refractivity contribution is -0.685. The van der Waals surface area contributed by atoms with Gasteiger partial charge in [0.25, 0.3) is 23.2 Å². The number of Topliss-reactive ketones (excluding diaryl/α,β-unsaturated/α-hetero) is 2. The van der Waals surface area contributed by atoms with Gasteiger partial charge in [0.15, 0.2) is 6.20 Å². The van der Waals surface area contributed by atoms with E-state index in [2.05, 4.69) is 4.98 Å². The SMILES string of the molecule is NC(=O)C[n+]1ccccc1C(=O)C(=O)c1ccccn1.[Cl-]. The van der Waals surface area contributed by atoms with Gasteiger partial charge in [-0.25, -0.2) is 0 Å². The third-order valence-corrected chi connectivity index (χ3v) is 2.60. The predicted molar refractivity (Wildman–Crippen MR) is 68.7 cm³/mol. The van der Waals surface area contributed by atoms with Crippen LogP contribution in [0.2, 0.25) is 0 Å². The van der Waals surface area contributed by atoms with Crippen LogP contribution in [-0.2, 0) is 11.3 Å². The van der Waals surface area contributed by atoms with Crippen molar-refractivity contribution < 1.29 is 31.4 Å². The molecule has 0 saturated carbocycles. The lowest BCUT2D eigenvalue weighted by atomic mass is 10.1. The minimum atomic E-state index is -0.731. The van der Waals surface area contributed by atoms with E-state index in [1.807, 2.05) is 0 Å². The second kappa shape index (κ2) is 7.25. The molecule has 7 heteroatoms. The van der Waals surface area contributed by atoms with Gasteiger partial charge in [0, 0.05) is 18.3 Å². The Labute approximate surface area is 127 Å². The highest BCUT2D eigenvalue weighted by Crippen LogP contribution is 2.02. The summed E-state index contributed by atoms with van der Waals surface area (Å²) in [6.07, 6.45) is 2.95. The largest absolute Gasteiger partial charge is 1.00 e. The van der Waals surface area contributed by atoms with Crippen LogP contribution >= 0.6 is 0 Å². The first kappa shape index (κ1) is 16.5. The molecule has 0 saturated heterocycles. The Morgan fingerprint density at radius 2 is 1.76 bits per heavy atom. The topological polar surface area (TPSA) is 94.0 Å². The van der Waals surface area contributed by atoms with Crippen molar-refractivity contribution in [2.24, 2.45) is 5.73 Å². The zero-order valence-electron chi connectivity index (χ0n) is 10.9. The Balaban J connectivity index is 0.00000220. The van der Waals surface area contributed by atoms with Crippen molar-refractivity contribution in [3.8, 4) is 0 Å². The molecule has 0 aromatic carbocycles. The van der Waals surface area contributed by atoms with Crippen LogP contribution in [0.3, 0.4) is 0 Å². The predicted octanol–water partition coefficient (Wildman–Crippen LogP) is -3.08. The monoisotopic (exact) mass is 305 g/mol. The van der Waals surface area contributed by atoms with Crippen LogP contribution in [0, 0.1) is 0 Å². The maximum absolute atomic E-state index is 12.2. The summed E-state index contributed by atoms with van der Waals surface area (Å²) in [7, 11) is 0. The van der Waals surface area contributed by atoms with E-state index in [0.29, 0.717) is 0 Å².